The van der Waals surface area contributed by atoms with E-state index < -0.39 is 0 Å². The normalized spacial score (nSPS) is 24.7. The molecule has 0 aromatic heterocycles. The molecule has 1 aliphatic rings. The molecule has 2 rings (SSSR count). The largest absolute Gasteiger partial charge is 0.379 e. The van der Waals surface area contributed by atoms with Crippen molar-refractivity contribution in [2.24, 2.45) is 0 Å². The second kappa shape index (κ2) is 7.34. The van der Waals surface area contributed by atoms with Crippen LogP contribution in [0.25, 0.3) is 0 Å². The quantitative estimate of drug-likeness (QED) is 0.406. The molecule has 1 nitrogen and oxygen atoms in total. The zero-order valence-electron chi connectivity index (χ0n) is 11.5. The Hall–Kier alpha value is -1.12. The molecule has 0 radical (unpaired) electrons. The van der Waals surface area contributed by atoms with Crippen LogP contribution in [0.4, 0.5) is 0 Å². The van der Waals surface area contributed by atoms with Crippen LogP contribution in [0.3, 0.4) is 0 Å². The second-order valence-electron chi connectivity index (χ2n) is 4.19. The maximum Gasteiger partial charge on any atom is 0.0868 e. The van der Waals surface area contributed by atoms with Gasteiger partial charge in [-0.05, 0) is 13.8 Å². The van der Waals surface area contributed by atoms with Gasteiger partial charge in [-0.1, -0.05) is 35.4 Å². The van der Waals surface area contributed by atoms with Crippen molar-refractivity contribution in [1.82, 2.24) is 0 Å². The van der Waals surface area contributed by atoms with Crippen molar-refractivity contribution < 1.29 is 4.74 Å². The van der Waals surface area contributed by atoms with Gasteiger partial charge in [-0.25, -0.2) is 0 Å². The van der Waals surface area contributed by atoms with Gasteiger partial charge < -0.3 is 4.74 Å². The number of hydrogen-bond donors (Lipinski definition) is 0. The van der Waals surface area contributed by atoms with Crippen LogP contribution in [0.15, 0.2) is 24.3 Å². The van der Waals surface area contributed by atoms with E-state index in [0.29, 0.717) is 5.25 Å². The molecule has 0 bridgehead atoms. The van der Waals surface area contributed by atoms with E-state index in [4.69, 9.17) is 4.74 Å². The number of hydrogen-bond acceptors (Lipinski definition) is 3. The van der Waals surface area contributed by atoms with Gasteiger partial charge in [0.1, 0.15) is 0 Å². The molecule has 1 fully saturated rings. The summed E-state index contributed by atoms with van der Waals surface area (Å²) in [5.74, 6) is 0. The molecule has 4 heteroatoms. The van der Waals surface area contributed by atoms with Gasteiger partial charge in [0.25, 0.3) is 0 Å². The zero-order chi connectivity index (χ0) is 12.9. The van der Waals surface area contributed by atoms with E-state index in [1.54, 1.807) is 7.11 Å². The third-order valence-electron chi connectivity index (χ3n) is 2.65. The van der Waals surface area contributed by atoms with E-state index in [0.717, 1.165) is 0 Å². The third-order valence-corrected chi connectivity index (χ3v) is 6.34. The van der Waals surface area contributed by atoms with Crippen molar-refractivity contribution in [2.75, 3.05) is 7.11 Å². The molecule has 1 aromatic rings. The van der Waals surface area contributed by atoms with Gasteiger partial charge in [0.15, 0.2) is 0 Å². The topological polar surface area (TPSA) is 9.23 Å². The SMILES string of the molecule is CC.COC1C(c2cc[c-]cc2)SSC1(C)C.[No]. The maximum atomic E-state index is 5.64. The summed E-state index contributed by atoms with van der Waals surface area (Å²) in [7, 11) is 5.64. The first-order valence-electron chi connectivity index (χ1n) is 5.98. The number of methoxy groups -OCH3 is 1. The average molecular weight is 528 g/mol. The van der Waals surface area contributed by atoms with Crippen LogP contribution in [0, 0.1) is 6.07 Å². The zero-order valence-corrected chi connectivity index (χ0v) is 15.3. The molecule has 0 amide bonds. The standard InChI is InChI=1S/C12H15OS2.C2H6.No/c1-12(2)11(13-3)10(14-15-12)9-7-5-4-6-8-9;1-2;/h5-8,10-11H,1-3H3;1-2H3;/q-1;;. The monoisotopic (exact) mass is 528 g/mol. The minimum Gasteiger partial charge on any atom is -0.379 e. The van der Waals surface area contributed by atoms with Crippen molar-refractivity contribution in [2.45, 2.75) is 43.8 Å². The molecular weight excluding hydrogens is 507 g/mol. The van der Waals surface area contributed by atoms with E-state index in [9.17, 15) is 0 Å². The van der Waals surface area contributed by atoms with Crippen molar-refractivity contribution in [3.8, 4) is 0 Å². The third kappa shape index (κ3) is 3.44. The molecule has 1 aliphatic heterocycles. The summed E-state index contributed by atoms with van der Waals surface area (Å²) >= 11 is 0. The van der Waals surface area contributed by atoms with Gasteiger partial charge in [-0.2, -0.15) is 30.3 Å². The van der Waals surface area contributed by atoms with E-state index in [1.807, 2.05) is 47.6 Å². The van der Waals surface area contributed by atoms with E-state index in [2.05, 4.69) is 32.0 Å². The fourth-order valence-electron chi connectivity index (χ4n) is 1.87. The summed E-state index contributed by atoms with van der Waals surface area (Å²) in [6.07, 6.45) is 0.273. The molecule has 18 heavy (non-hydrogen) atoms. The van der Waals surface area contributed by atoms with Crippen molar-refractivity contribution in [1.29, 1.82) is 0 Å². The first kappa shape index (κ1) is 16.9. The molecule has 110 valence electrons. The fraction of sp³-hybridized carbons (Fsp3) is 0.571. The molecule has 2 atom stereocenters. The molecule has 0 aliphatic carbocycles. The van der Waals surface area contributed by atoms with Gasteiger partial charge in [0, 0.05) is 17.1 Å². The van der Waals surface area contributed by atoms with E-state index in [1.165, 1.54) is 5.56 Å². The second-order valence-corrected chi connectivity index (χ2v) is 7.19. The smallest absolute Gasteiger partial charge is 0.0868 e. The minimum atomic E-state index is 0. The summed E-state index contributed by atoms with van der Waals surface area (Å²) < 4.78 is 5.83. The molecule has 1 saturated heterocycles. The number of benzene rings is 1. The van der Waals surface area contributed by atoms with Crippen LogP contribution in [0.5, 0.6) is 0 Å². The summed E-state index contributed by atoms with van der Waals surface area (Å²) in [6.45, 7) is 8.49. The maximum absolute atomic E-state index is 5.64. The molecule has 1 heterocycles. The predicted octanol–water partition coefficient (Wildman–Crippen LogP) is 4.74. The van der Waals surface area contributed by atoms with Crippen LogP contribution in [-0.2, 0) is 4.74 Å². The Morgan fingerprint density at radius 3 is 2.28 bits per heavy atom. The van der Waals surface area contributed by atoms with Crippen LogP contribution in [0.1, 0.15) is 38.5 Å². The predicted molar refractivity (Wildman–Crippen MR) is 79.4 cm³/mol. The fourth-order valence-corrected chi connectivity index (χ4v) is 5.43. The minimum absolute atomic E-state index is 0. The van der Waals surface area contributed by atoms with Gasteiger partial charge in [-0.15, -0.1) is 5.56 Å². The van der Waals surface area contributed by atoms with Crippen LogP contribution >= 0.6 is 21.6 Å². The Bertz CT molecular complexity index is 330. The van der Waals surface area contributed by atoms with Gasteiger partial charge in [-0.3, -0.25) is 0 Å². The molecular formula is C14H21NoOS2-. The first-order chi connectivity index (χ1) is 8.15. The van der Waals surface area contributed by atoms with Gasteiger partial charge >= 0.3 is 0 Å². The van der Waals surface area contributed by atoms with E-state index >= 15 is 0 Å². The average Bonchev–Trinajstić information content (AvgIpc) is 2.68. The molecule has 2 unspecified atom stereocenters. The van der Waals surface area contributed by atoms with Crippen LogP contribution in [0.2, 0.25) is 0 Å². The first-order valence-corrected chi connectivity index (χ1v) is 8.20. The summed E-state index contributed by atoms with van der Waals surface area (Å²) in [5.41, 5.74) is 1.34. The Morgan fingerprint density at radius 1 is 1.22 bits per heavy atom. The Morgan fingerprint density at radius 2 is 1.78 bits per heavy atom. The van der Waals surface area contributed by atoms with Crippen molar-refractivity contribution in [3.05, 3.63) is 35.9 Å². The molecule has 0 spiro atoms. The van der Waals surface area contributed by atoms with Crippen molar-refractivity contribution in [3.63, 3.8) is 0 Å². The Balaban J connectivity index is 0.000000917. The molecule has 1 aromatic carbocycles. The Kier molecular flexibility index (Phi) is 6.89. The number of ether oxygens (including phenoxy) is 1. The molecule has 0 saturated carbocycles. The molecule has 0 N–H and O–H groups in total. The Labute approximate surface area is 113 Å². The van der Waals surface area contributed by atoms with Crippen molar-refractivity contribution >= 4 is 21.6 Å². The summed E-state index contributed by atoms with van der Waals surface area (Å²) in [6, 6.07) is 11.3. The number of rotatable bonds is 2. The van der Waals surface area contributed by atoms with Crippen LogP contribution in [-0.4, -0.2) is 18.0 Å². The van der Waals surface area contributed by atoms with Crippen LogP contribution < -0.4 is 0 Å². The van der Waals surface area contributed by atoms with Gasteiger partial charge in [0.2, 0.25) is 0 Å². The summed E-state index contributed by atoms with van der Waals surface area (Å²) in [4.78, 5) is 0. The van der Waals surface area contributed by atoms with E-state index in [-0.39, 0.29) is 10.9 Å². The van der Waals surface area contributed by atoms with Gasteiger partial charge in [0.05, 0.1) is 6.10 Å². The summed E-state index contributed by atoms with van der Waals surface area (Å²) in [5, 5.41) is 0.435.